The number of ether oxygens (including phenoxy) is 2. The summed E-state index contributed by atoms with van der Waals surface area (Å²) in [5.41, 5.74) is 6.23. The van der Waals surface area contributed by atoms with Crippen LogP contribution in [0.5, 0.6) is 11.5 Å². The van der Waals surface area contributed by atoms with Gasteiger partial charge >= 0.3 is 6.18 Å². The molecule has 0 bridgehead atoms. The summed E-state index contributed by atoms with van der Waals surface area (Å²) in [6.45, 7) is 0.783. The molecule has 0 radical (unpaired) electrons. The first-order valence-corrected chi connectivity index (χ1v) is 5.56. The van der Waals surface area contributed by atoms with Crippen LogP contribution in [-0.2, 0) is 0 Å². The molecule has 108 valence electrons. The van der Waals surface area contributed by atoms with Gasteiger partial charge in [-0.05, 0) is 13.0 Å². The number of nitrogens with two attached hydrogens (primary N) is 1. The molecule has 1 unspecified atom stereocenters. The minimum atomic E-state index is -4.71. The van der Waals surface area contributed by atoms with Crippen molar-refractivity contribution in [1.82, 2.24) is 0 Å². The number of hydrogen-bond acceptors (Lipinski definition) is 4. The minimum Gasteiger partial charge on any atom is -0.497 e. The lowest BCUT2D eigenvalue weighted by atomic mass is 10.1. The molecule has 0 fully saturated rings. The van der Waals surface area contributed by atoms with Gasteiger partial charge in [-0.1, -0.05) is 6.07 Å². The summed E-state index contributed by atoms with van der Waals surface area (Å²) in [6.07, 6.45) is -7.26. The molecule has 0 heterocycles. The van der Waals surface area contributed by atoms with Gasteiger partial charge in [0, 0.05) is 17.7 Å². The van der Waals surface area contributed by atoms with Crippen molar-refractivity contribution < 1.29 is 27.8 Å². The molecule has 4 nitrogen and oxygen atoms in total. The van der Waals surface area contributed by atoms with Gasteiger partial charge < -0.3 is 20.3 Å². The van der Waals surface area contributed by atoms with Gasteiger partial charge in [-0.2, -0.15) is 13.2 Å². The Balaban J connectivity index is 2.86. The van der Waals surface area contributed by atoms with Crippen LogP contribution in [0.1, 0.15) is 18.5 Å². The van der Waals surface area contributed by atoms with Gasteiger partial charge in [0.25, 0.3) is 0 Å². The maximum Gasteiger partial charge on any atom is 0.417 e. The average molecular weight is 279 g/mol. The zero-order valence-electron chi connectivity index (χ0n) is 10.6. The van der Waals surface area contributed by atoms with Gasteiger partial charge in [-0.15, -0.1) is 0 Å². The summed E-state index contributed by atoms with van der Waals surface area (Å²) < 4.78 is 46.5. The molecular weight excluding hydrogens is 263 g/mol. The lowest BCUT2D eigenvalue weighted by molar-refractivity contribution is -0.210. The number of alkyl halides is 3. The number of aliphatic hydroxyl groups is 1. The molecular formula is C12H16F3NO3. The zero-order chi connectivity index (χ0) is 14.6. The molecule has 0 saturated heterocycles. The third-order valence-electron chi connectivity index (χ3n) is 2.49. The van der Waals surface area contributed by atoms with Crippen LogP contribution in [0.3, 0.4) is 0 Å². The van der Waals surface area contributed by atoms with Crippen LogP contribution in [0.4, 0.5) is 13.2 Å². The van der Waals surface area contributed by atoms with E-state index < -0.39 is 24.9 Å². The molecule has 3 N–H and O–H groups in total. The van der Waals surface area contributed by atoms with E-state index in [4.69, 9.17) is 20.3 Å². The first kappa shape index (κ1) is 15.6. The molecule has 0 aromatic heterocycles. The van der Waals surface area contributed by atoms with Crippen molar-refractivity contribution in [1.29, 1.82) is 0 Å². The van der Waals surface area contributed by atoms with Crippen molar-refractivity contribution in [2.45, 2.75) is 25.2 Å². The second-order valence-electron chi connectivity index (χ2n) is 4.06. The van der Waals surface area contributed by atoms with Gasteiger partial charge in [-0.3, -0.25) is 0 Å². The van der Waals surface area contributed by atoms with E-state index in [0.717, 1.165) is 0 Å². The lowest BCUT2D eigenvalue weighted by Gasteiger charge is -2.18. The van der Waals surface area contributed by atoms with Crippen LogP contribution in [0, 0.1) is 0 Å². The Morgan fingerprint density at radius 2 is 2.00 bits per heavy atom. The van der Waals surface area contributed by atoms with E-state index in [1.165, 1.54) is 13.2 Å². The van der Waals surface area contributed by atoms with E-state index in [0.29, 0.717) is 11.3 Å². The van der Waals surface area contributed by atoms with Crippen molar-refractivity contribution in [3.05, 3.63) is 23.8 Å². The summed E-state index contributed by atoms with van der Waals surface area (Å²) in [7, 11) is 1.43. The van der Waals surface area contributed by atoms with E-state index in [1.807, 2.05) is 0 Å². The summed E-state index contributed by atoms with van der Waals surface area (Å²) in [5, 5.41) is 8.89. The van der Waals surface area contributed by atoms with E-state index in [1.54, 1.807) is 19.1 Å². The minimum absolute atomic E-state index is 0.164. The maximum atomic E-state index is 12.2. The molecule has 1 aromatic rings. The number of aliphatic hydroxyl groups excluding tert-OH is 1. The maximum absolute atomic E-state index is 12.2. The SMILES string of the molecule is COc1ccc([C@@H](C)N)c(OCC(O)C(F)(F)F)c1. The molecule has 2 atom stereocenters. The first-order valence-electron chi connectivity index (χ1n) is 5.56. The van der Waals surface area contributed by atoms with Gasteiger partial charge in [0.2, 0.25) is 0 Å². The van der Waals surface area contributed by atoms with Crippen molar-refractivity contribution in [2.75, 3.05) is 13.7 Å². The van der Waals surface area contributed by atoms with Crippen molar-refractivity contribution in [3.8, 4) is 11.5 Å². The Kier molecular flexibility index (Phi) is 5.02. The van der Waals surface area contributed by atoms with Crippen LogP contribution < -0.4 is 15.2 Å². The third-order valence-corrected chi connectivity index (χ3v) is 2.49. The normalized spacial score (nSPS) is 14.9. The van der Waals surface area contributed by atoms with Crippen LogP contribution in [-0.4, -0.2) is 31.1 Å². The highest BCUT2D eigenvalue weighted by atomic mass is 19.4. The largest absolute Gasteiger partial charge is 0.497 e. The summed E-state index contributed by atoms with van der Waals surface area (Å²) in [6, 6.07) is 4.26. The fraction of sp³-hybridized carbons (Fsp3) is 0.500. The van der Waals surface area contributed by atoms with Crippen LogP contribution >= 0.6 is 0 Å². The molecule has 1 rings (SSSR count). The number of methoxy groups -OCH3 is 1. The fourth-order valence-corrected chi connectivity index (χ4v) is 1.41. The molecule has 19 heavy (non-hydrogen) atoms. The van der Waals surface area contributed by atoms with Gasteiger partial charge in [-0.25, -0.2) is 0 Å². The second-order valence-corrected chi connectivity index (χ2v) is 4.06. The van der Waals surface area contributed by atoms with Crippen molar-refractivity contribution in [2.24, 2.45) is 5.73 Å². The molecule has 0 aliphatic rings. The highest BCUT2D eigenvalue weighted by Crippen LogP contribution is 2.29. The lowest BCUT2D eigenvalue weighted by Crippen LogP contribution is -2.34. The third kappa shape index (κ3) is 4.29. The highest BCUT2D eigenvalue weighted by molar-refractivity contribution is 5.42. The highest BCUT2D eigenvalue weighted by Gasteiger charge is 2.38. The van der Waals surface area contributed by atoms with Crippen molar-refractivity contribution >= 4 is 0 Å². The van der Waals surface area contributed by atoms with Crippen molar-refractivity contribution in [3.63, 3.8) is 0 Å². The van der Waals surface area contributed by atoms with Crippen LogP contribution in [0.2, 0.25) is 0 Å². The number of halogens is 3. The molecule has 0 spiro atoms. The topological polar surface area (TPSA) is 64.7 Å². The Labute approximate surface area is 108 Å². The summed E-state index contributed by atoms with van der Waals surface area (Å²) >= 11 is 0. The zero-order valence-corrected chi connectivity index (χ0v) is 10.6. The predicted octanol–water partition coefficient (Wildman–Crippen LogP) is 2.02. The van der Waals surface area contributed by atoms with E-state index in [9.17, 15) is 13.2 Å². The molecule has 0 aliphatic carbocycles. The molecule has 7 heteroatoms. The summed E-state index contributed by atoms with van der Waals surface area (Å²) in [5.74, 6) is 0.596. The van der Waals surface area contributed by atoms with E-state index in [-0.39, 0.29) is 5.75 Å². The van der Waals surface area contributed by atoms with Gasteiger partial charge in [0.1, 0.15) is 18.1 Å². The molecule has 0 amide bonds. The van der Waals surface area contributed by atoms with E-state index in [2.05, 4.69) is 0 Å². The number of benzene rings is 1. The Morgan fingerprint density at radius 3 is 2.47 bits per heavy atom. The second kappa shape index (κ2) is 6.12. The predicted molar refractivity (Wildman–Crippen MR) is 63.2 cm³/mol. The van der Waals surface area contributed by atoms with Crippen LogP contribution in [0.25, 0.3) is 0 Å². The molecule has 1 aromatic carbocycles. The van der Waals surface area contributed by atoms with Crippen LogP contribution in [0.15, 0.2) is 18.2 Å². The fourth-order valence-electron chi connectivity index (χ4n) is 1.41. The quantitative estimate of drug-likeness (QED) is 0.865. The Hall–Kier alpha value is -1.47. The standard InChI is InChI=1S/C12H16F3NO3/c1-7(16)9-4-3-8(18-2)5-10(9)19-6-11(17)12(13,14)15/h3-5,7,11,17H,6,16H2,1-2H3/t7-,11?/m1/s1. The smallest absolute Gasteiger partial charge is 0.417 e. The van der Waals surface area contributed by atoms with Gasteiger partial charge in [0.05, 0.1) is 7.11 Å². The average Bonchev–Trinajstić information content (AvgIpc) is 2.33. The molecule has 0 saturated carbocycles. The monoisotopic (exact) mass is 279 g/mol. The van der Waals surface area contributed by atoms with Gasteiger partial charge in [0.15, 0.2) is 6.10 Å². The number of hydrogen-bond donors (Lipinski definition) is 2. The molecule has 0 aliphatic heterocycles. The van der Waals surface area contributed by atoms with E-state index >= 15 is 0 Å². The first-order chi connectivity index (χ1) is 8.75. The Morgan fingerprint density at radius 1 is 1.37 bits per heavy atom. The Bertz CT molecular complexity index is 421. The summed E-state index contributed by atoms with van der Waals surface area (Å²) in [4.78, 5) is 0. The number of rotatable bonds is 5.